The second kappa shape index (κ2) is 6.95. The fourth-order valence-electron chi connectivity index (χ4n) is 0.394. The van der Waals surface area contributed by atoms with E-state index in [1.165, 1.54) is 12.4 Å². The summed E-state index contributed by atoms with van der Waals surface area (Å²) in [6.07, 6.45) is 2.94. The lowest BCUT2D eigenvalue weighted by Crippen LogP contribution is -2.23. The standard InChI is InChI=1S/C7H12N2O2/c1-3-9-4-5-11-6-7(10)8-2/h3-4H,1,5-6H2,2H3,(H,8,10)/b9-4-. The normalized spacial score (nSPS) is 9.91. The van der Waals surface area contributed by atoms with Gasteiger partial charge in [-0.1, -0.05) is 6.58 Å². The van der Waals surface area contributed by atoms with Gasteiger partial charge in [-0.05, 0) is 0 Å². The number of nitrogens with one attached hydrogen (secondary N) is 1. The summed E-state index contributed by atoms with van der Waals surface area (Å²) in [7, 11) is 1.56. The number of likely N-dealkylation sites (N-methyl/N-ethyl adjacent to an activating group) is 1. The molecule has 4 nitrogen and oxygen atoms in total. The van der Waals surface area contributed by atoms with Gasteiger partial charge in [-0.25, -0.2) is 0 Å². The molecule has 0 heterocycles. The number of aliphatic imine (C=N–C) groups is 1. The molecule has 62 valence electrons. The largest absolute Gasteiger partial charge is 0.366 e. The summed E-state index contributed by atoms with van der Waals surface area (Å²) in [4.78, 5) is 14.2. The lowest BCUT2D eigenvalue weighted by molar-refractivity contribution is -0.124. The molecule has 0 unspecified atom stereocenters. The van der Waals surface area contributed by atoms with E-state index in [1.807, 2.05) is 0 Å². The van der Waals surface area contributed by atoms with Crippen LogP contribution in [0.1, 0.15) is 0 Å². The molecule has 0 radical (unpaired) electrons. The molecule has 1 N–H and O–H groups in total. The monoisotopic (exact) mass is 156 g/mol. The van der Waals surface area contributed by atoms with Crippen LogP contribution in [0.25, 0.3) is 0 Å². The molecule has 0 atom stereocenters. The third-order valence-electron chi connectivity index (χ3n) is 0.915. The number of carbonyl (C=O) groups is 1. The lowest BCUT2D eigenvalue weighted by Gasteiger charge is -1.97. The summed E-state index contributed by atoms with van der Waals surface area (Å²) in [6, 6.07) is 0. The third-order valence-corrected chi connectivity index (χ3v) is 0.915. The Labute approximate surface area is 66.0 Å². The number of amides is 1. The van der Waals surface area contributed by atoms with E-state index in [0.717, 1.165) is 0 Å². The van der Waals surface area contributed by atoms with E-state index in [0.29, 0.717) is 6.61 Å². The van der Waals surface area contributed by atoms with E-state index < -0.39 is 0 Å². The molecule has 0 aliphatic heterocycles. The van der Waals surface area contributed by atoms with Gasteiger partial charge in [0.25, 0.3) is 0 Å². The average Bonchev–Trinajstić information content (AvgIpc) is 2.04. The summed E-state index contributed by atoms with van der Waals surface area (Å²) in [5.74, 6) is -0.142. The van der Waals surface area contributed by atoms with Crippen LogP contribution in [-0.2, 0) is 9.53 Å². The topological polar surface area (TPSA) is 50.7 Å². The van der Waals surface area contributed by atoms with Crippen LogP contribution in [-0.4, -0.2) is 32.4 Å². The number of ether oxygens (including phenoxy) is 1. The van der Waals surface area contributed by atoms with Gasteiger partial charge in [0.2, 0.25) is 5.91 Å². The molecule has 0 saturated carbocycles. The van der Waals surface area contributed by atoms with E-state index in [-0.39, 0.29) is 12.5 Å². The van der Waals surface area contributed by atoms with Crippen molar-refractivity contribution < 1.29 is 9.53 Å². The number of carbonyl (C=O) groups excluding carboxylic acids is 1. The van der Waals surface area contributed by atoms with Crippen LogP contribution in [0, 0.1) is 0 Å². The fraction of sp³-hybridized carbons (Fsp3) is 0.429. The molecule has 0 rings (SSSR count). The second-order valence-corrected chi connectivity index (χ2v) is 1.70. The van der Waals surface area contributed by atoms with Crippen LogP contribution in [0.15, 0.2) is 17.8 Å². The second-order valence-electron chi connectivity index (χ2n) is 1.70. The molecule has 0 aliphatic rings. The van der Waals surface area contributed by atoms with Gasteiger partial charge in [0.05, 0.1) is 6.61 Å². The maximum absolute atomic E-state index is 10.5. The van der Waals surface area contributed by atoms with Crippen LogP contribution in [0.5, 0.6) is 0 Å². The predicted molar refractivity (Wildman–Crippen MR) is 43.6 cm³/mol. The fourth-order valence-corrected chi connectivity index (χ4v) is 0.394. The molecule has 1 amide bonds. The highest BCUT2D eigenvalue weighted by molar-refractivity contribution is 5.77. The molecular formula is C7H12N2O2. The van der Waals surface area contributed by atoms with Crippen molar-refractivity contribution in [2.75, 3.05) is 20.3 Å². The smallest absolute Gasteiger partial charge is 0.245 e. The van der Waals surface area contributed by atoms with E-state index >= 15 is 0 Å². The van der Waals surface area contributed by atoms with Gasteiger partial charge >= 0.3 is 0 Å². The number of rotatable bonds is 5. The highest BCUT2D eigenvalue weighted by atomic mass is 16.5. The zero-order valence-corrected chi connectivity index (χ0v) is 6.54. The molecule has 11 heavy (non-hydrogen) atoms. The van der Waals surface area contributed by atoms with E-state index in [4.69, 9.17) is 4.74 Å². The lowest BCUT2D eigenvalue weighted by atomic mass is 10.6. The summed E-state index contributed by atoms with van der Waals surface area (Å²) >= 11 is 0. The van der Waals surface area contributed by atoms with Crippen LogP contribution >= 0.6 is 0 Å². The Morgan fingerprint density at radius 3 is 3.09 bits per heavy atom. The molecule has 0 aromatic heterocycles. The maximum Gasteiger partial charge on any atom is 0.245 e. The van der Waals surface area contributed by atoms with Crippen molar-refractivity contribution in [2.24, 2.45) is 4.99 Å². The zero-order chi connectivity index (χ0) is 8.53. The summed E-state index contributed by atoms with van der Waals surface area (Å²) in [5, 5.41) is 2.43. The van der Waals surface area contributed by atoms with Gasteiger partial charge < -0.3 is 10.1 Å². The Bertz CT molecular complexity index is 155. The minimum atomic E-state index is -0.142. The first-order valence-electron chi connectivity index (χ1n) is 3.22. The first kappa shape index (κ1) is 9.84. The summed E-state index contributed by atoms with van der Waals surface area (Å²) in [6.45, 7) is 3.78. The van der Waals surface area contributed by atoms with Crippen molar-refractivity contribution in [1.29, 1.82) is 0 Å². The van der Waals surface area contributed by atoms with Gasteiger partial charge in [-0.3, -0.25) is 9.79 Å². The molecule has 0 bridgehead atoms. The average molecular weight is 156 g/mol. The minimum absolute atomic E-state index is 0.0691. The summed E-state index contributed by atoms with van der Waals surface area (Å²) in [5.41, 5.74) is 0. The van der Waals surface area contributed by atoms with Crippen LogP contribution in [0.3, 0.4) is 0 Å². The number of nitrogens with zero attached hydrogens (tertiary/aromatic N) is 1. The third kappa shape index (κ3) is 6.73. The van der Waals surface area contributed by atoms with Gasteiger partial charge in [-0.15, -0.1) is 0 Å². The quantitative estimate of drug-likeness (QED) is 0.448. The Kier molecular flexibility index (Phi) is 6.22. The van der Waals surface area contributed by atoms with Crippen LogP contribution in [0.4, 0.5) is 0 Å². The Balaban J connectivity index is 3.20. The SMILES string of the molecule is C=C/N=C\COCC(=O)NC. The van der Waals surface area contributed by atoms with E-state index in [1.54, 1.807) is 7.05 Å². The van der Waals surface area contributed by atoms with Crippen molar-refractivity contribution in [3.63, 3.8) is 0 Å². The molecule has 0 fully saturated rings. The molecule has 0 spiro atoms. The molecule has 0 aliphatic carbocycles. The summed E-state index contributed by atoms with van der Waals surface area (Å²) < 4.78 is 4.88. The maximum atomic E-state index is 10.5. The van der Waals surface area contributed by atoms with E-state index in [9.17, 15) is 4.79 Å². The first-order chi connectivity index (χ1) is 5.31. The highest BCUT2D eigenvalue weighted by Gasteiger charge is 1.93. The highest BCUT2D eigenvalue weighted by Crippen LogP contribution is 1.72. The number of hydrogen-bond donors (Lipinski definition) is 1. The molecule has 0 saturated heterocycles. The minimum Gasteiger partial charge on any atom is -0.366 e. The van der Waals surface area contributed by atoms with Crippen molar-refractivity contribution in [3.05, 3.63) is 12.8 Å². The van der Waals surface area contributed by atoms with Crippen LogP contribution in [0.2, 0.25) is 0 Å². The van der Waals surface area contributed by atoms with Crippen molar-refractivity contribution in [3.8, 4) is 0 Å². The van der Waals surface area contributed by atoms with Crippen LogP contribution < -0.4 is 5.32 Å². The van der Waals surface area contributed by atoms with Gasteiger partial charge in [0.1, 0.15) is 6.61 Å². The van der Waals surface area contributed by atoms with E-state index in [2.05, 4.69) is 16.9 Å². The predicted octanol–water partition coefficient (Wildman–Crippen LogP) is -0.0367. The Hall–Kier alpha value is -1.16. The first-order valence-corrected chi connectivity index (χ1v) is 3.22. The van der Waals surface area contributed by atoms with Gasteiger partial charge in [0.15, 0.2) is 0 Å². The Morgan fingerprint density at radius 2 is 2.55 bits per heavy atom. The Morgan fingerprint density at radius 1 is 1.82 bits per heavy atom. The number of hydrogen-bond acceptors (Lipinski definition) is 3. The molecule has 0 aromatic rings. The van der Waals surface area contributed by atoms with Gasteiger partial charge in [-0.2, -0.15) is 0 Å². The molecule has 4 heteroatoms. The van der Waals surface area contributed by atoms with Crippen molar-refractivity contribution in [2.45, 2.75) is 0 Å². The zero-order valence-electron chi connectivity index (χ0n) is 6.54. The molecular weight excluding hydrogens is 144 g/mol. The van der Waals surface area contributed by atoms with Crippen molar-refractivity contribution >= 4 is 12.1 Å². The molecule has 0 aromatic carbocycles. The van der Waals surface area contributed by atoms with Gasteiger partial charge in [0, 0.05) is 19.5 Å². The van der Waals surface area contributed by atoms with Crippen molar-refractivity contribution in [1.82, 2.24) is 5.32 Å².